The van der Waals surface area contributed by atoms with Crippen molar-refractivity contribution in [3.05, 3.63) is 64.2 Å². The number of nitrogens with zero attached hydrogens (tertiary/aromatic N) is 2. The molecule has 6 heteroatoms. The number of carbonyl (C=O) groups is 1. The van der Waals surface area contributed by atoms with Crippen molar-refractivity contribution in [2.75, 3.05) is 12.4 Å². The lowest BCUT2D eigenvalue weighted by Crippen LogP contribution is -2.28. The maximum absolute atomic E-state index is 12.8. The molecule has 0 radical (unpaired) electrons. The molecule has 0 atom stereocenters. The third kappa shape index (κ3) is 3.56. The van der Waals surface area contributed by atoms with Crippen LogP contribution in [0.25, 0.3) is 10.9 Å². The lowest BCUT2D eigenvalue weighted by atomic mass is 10.1. The monoisotopic (exact) mass is 363 g/mol. The number of methoxy groups -OCH3 is 1. The molecule has 2 aromatic carbocycles. The summed E-state index contributed by atoms with van der Waals surface area (Å²) in [7, 11) is 1.61. The maximum Gasteiger partial charge on any atom is 0.261 e. The van der Waals surface area contributed by atoms with Gasteiger partial charge in [0.15, 0.2) is 0 Å². The van der Waals surface area contributed by atoms with Gasteiger partial charge in [0.1, 0.15) is 11.6 Å². The second-order valence-electron chi connectivity index (χ2n) is 6.75. The number of benzene rings is 2. The van der Waals surface area contributed by atoms with Gasteiger partial charge in [-0.05, 0) is 48.7 Å². The van der Waals surface area contributed by atoms with E-state index in [1.165, 1.54) is 0 Å². The Hall–Kier alpha value is -3.15. The van der Waals surface area contributed by atoms with E-state index in [-0.39, 0.29) is 17.9 Å². The summed E-state index contributed by atoms with van der Waals surface area (Å²) in [6.07, 6.45) is 3.16. The first-order valence-electron chi connectivity index (χ1n) is 9.10. The highest BCUT2D eigenvalue weighted by molar-refractivity contribution is 5.94. The van der Waals surface area contributed by atoms with Crippen molar-refractivity contribution in [3.8, 4) is 5.75 Å². The summed E-state index contributed by atoms with van der Waals surface area (Å²) < 4.78 is 6.88. The Morgan fingerprint density at radius 2 is 2.00 bits per heavy atom. The Bertz CT molecular complexity index is 1050. The standard InChI is InChI=1S/C21H21N3O3/c1-27-16-8-5-14(6-9-16)12-20(25)22-15-7-10-18-17(13-15)21(26)24-11-3-2-4-19(24)23-18/h5-10,13H,2-4,11-12H2,1H3,(H,22,25). The Labute approximate surface area is 156 Å². The van der Waals surface area contributed by atoms with Crippen molar-refractivity contribution in [2.45, 2.75) is 32.2 Å². The number of nitrogens with one attached hydrogen (secondary N) is 1. The average molecular weight is 363 g/mol. The molecule has 2 heterocycles. The molecule has 1 aliphatic rings. The van der Waals surface area contributed by atoms with Gasteiger partial charge in [0.05, 0.1) is 24.4 Å². The predicted octanol–water partition coefficient (Wildman–Crippen LogP) is 2.92. The number of anilines is 1. The van der Waals surface area contributed by atoms with Crippen LogP contribution in [0, 0.1) is 0 Å². The van der Waals surface area contributed by atoms with Crippen LogP contribution in [-0.2, 0) is 24.2 Å². The number of amides is 1. The van der Waals surface area contributed by atoms with Crippen molar-refractivity contribution < 1.29 is 9.53 Å². The van der Waals surface area contributed by atoms with E-state index in [2.05, 4.69) is 10.3 Å². The Morgan fingerprint density at radius 1 is 1.19 bits per heavy atom. The molecule has 3 aromatic rings. The number of fused-ring (bicyclic) bond motifs is 2. The van der Waals surface area contributed by atoms with E-state index in [9.17, 15) is 9.59 Å². The third-order valence-electron chi connectivity index (χ3n) is 4.87. The van der Waals surface area contributed by atoms with Crippen molar-refractivity contribution in [3.63, 3.8) is 0 Å². The molecule has 0 unspecified atom stereocenters. The van der Waals surface area contributed by atoms with E-state index in [4.69, 9.17) is 4.74 Å². The molecule has 1 aliphatic heterocycles. The normalized spacial score (nSPS) is 13.2. The zero-order valence-corrected chi connectivity index (χ0v) is 15.2. The predicted molar refractivity (Wildman–Crippen MR) is 104 cm³/mol. The van der Waals surface area contributed by atoms with Crippen LogP contribution in [0.4, 0.5) is 5.69 Å². The van der Waals surface area contributed by atoms with Gasteiger partial charge in [0, 0.05) is 18.7 Å². The zero-order chi connectivity index (χ0) is 18.8. The summed E-state index contributed by atoms with van der Waals surface area (Å²) in [4.78, 5) is 29.7. The second kappa shape index (κ2) is 7.23. The molecule has 0 saturated carbocycles. The van der Waals surface area contributed by atoms with Gasteiger partial charge >= 0.3 is 0 Å². The van der Waals surface area contributed by atoms with E-state index in [1.807, 2.05) is 24.3 Å². The Morgan fingerprint density at radius 3 is 2.78 bits per heavy atom. The molecular formula is C21H21N3O3. The number of carbonyl (C=O) groups excluding carboxylic acids is 1. The summed E-state index contributed by atoms with van der Waals surface area (Å²) >= 11 is 0. The fourth-order valence-corrected chi connectivity index (χ4v) is 3.45. The van der Waals surface area contributed by atoms with Gasteiger partial charge in [-0.3, -0.25) is 14.2 Å². The highest BCUT2D eigenvalue weighted by Gasteiger charge is 2.15. The molecule has 0 spiro atoms. The van der Waals surface area contributed by atoms with E-state index >= 15 is 0 Å². The number of hydrogen-bond acceptors (Lipinski definition) is 4. The molecule has 1 N–H and O–H groups in total. The van der Waals surface area contributed by atoms with Crippen LogP contribution in [0.1, 0.15) is 24.2 Å². The van der Waals surface area contributed by atoms with Crippen molar-refractivity contribution >= 4 is 22.5 Å². The molecule has 0 bridgehead atoms. The topological polar surface area (TPSA) is 73.2 Å². The van der Waals surface area contributed by atoms with Gasteiger partial charge in [0.2, 0.25) is 5.91 Å². The number of hydrogen-bond donors (Lipinski definition) is 1. The number of rotatable bonds is 4. The average Bonchev–Trinajstić information content (AvgIpc) is 2.69. The van der Waals surface area contributed by atoms with Gasteiger partial charge in [0.25, 0.3) is 5.56 Å². The highest BCUT2D eigenvalue weighted by Crippen LogP contribution is 2.19. The molecule has 6 nitrogen and oxygen atoms in total. The fraction of sp³-hybridized carbons (Fsp3) is 0.286. The van der Waals surface area contributed by atoms with E-state index < -0.39 is 0 Å². The smallest absolute Gasteiger partial charge is 0.261 e. The molecule has 138 valence electrons. The van der Waals surface area contributed by atoms with Crippen LogP contribution >= 0.6 is 0 Å². The number of ether oxygens (including phenoxy) is 1. The van der Waals surface area contributed by atoms with Crippen LogP contribution in [0.3, 0.4) is 0 Å². The first-order valence-corrected chi connectivity index (χ1v) is 9.10. The van der Waals surface area contributed by atoms with Crippen LogP contribution in [-0.4, -0.2) is 22.6 Å². The van der Waals surface area contributed by atoms with Gasteiger partial charge in [-0.15, -0.1) is 0 Å². The summed E-state index contributed by atoms with van der Waals surface area (Å²) in [6.45, 7) is 0.713. The molecule has 1 aromatic heterocycles. The van der Waals surface area contributed by atoms with Crippen LogP contribution < -0.4 is 15.6 Å². The van der Waals surface area contributed by atoms with E-state index in [0.29, 0.717) is 23.1 Å². The molecule has 0 saturated heterocycles. The largest absolute Gasteiger partial charge is 0.497 e. The maximum atomic E-state index is 12.8. The lowest BCUT2D eigenvalue weighted by molar-refractivity contribution is -0.115. The Kier molecular flexibility index (Phi) is 4.62. The summed E-state index contributed by atoms with van der Waals surface area (Å²) in [5.41, 5.74) is 2.16. The fourth-order valence-electron chi connectivity index (χ4n) is 3.45. The first-order chi connectivity index (χ1) is 13.1. The minimum Gasteiger partial charge on any atom is -0.497 e. The van der Waals surface area contributed by atoms with Gasteiger partial charge in [-0.2, -0.15) is 0 Å². The second-order valence-corrected chi connectivity index (χ2v) is 6.75. The van der Waals surface area contributed by atoms with E-state index in [1.54, 1.807) is 29.9 Å². The Balaban J connectivity index is 1.55. The minimum atomic E-state index is -0.134. The molecular weight excluding hydrogens is 342 g/mol. The molecule has 0 fully saturated rings. The molecule has 4 rings (SSSR count). The number of aryl methyl sites for hydroxylation is 1. The third-order valence-corrected chi connectivity index (χ3v) is 4.87. The van der Waals surface area contributed by atoms with E-state index in [0.717, 1.165) is 36.4 Å². The van der Waals surface area contributed by atoms with Gasteiger partial charge in [-0.25, -0.2) is 4.98 Å². The molecule has 27 heavy (non-hydrogen) atoms. The minimum absolute atomic E-state index is 0.0269. The zero-order valence-electron chi connectivity index (χ0n) is 15.2. The molecule has 0 aliphatic carbocycles. The van der Waals surface area contributed by atoms with Crippen molar-refractivity contribution in [2.24, 2.45) is 0 Å². The number of aromatic nitrogens is 2. The highest BCUT2D eigenvalue weighted by atomic mass is 16.5. The van der Waals surface area contributed by atoms with Crippen molar-refractivity contribution in [1.82, 2.24) is 9.55 Å². The van der Waals surface area contributed by atoms with Crippen LogP contribution in [0.5, 0.6) is 5.75 Å². The van der Waals surface area contributed by atoms with Crippen molar-refractivity contribution in [1.29, 1.82) is 0 Å². The summed E-state index contributed by atoms with van der Waals surface area (Å²) in [5, 5.41) is 3.42. The SMILES string of the molecule is COc1ccc(CC(=O)Nc2ccc3nc4n(c(=O)c3c2)CCCC4)cc1. The summed E-state index contributed by atoms with van der Waals surface area (Å²) in [6, 6.07) is 12.7. The van der Waals surface area contributed by atoms with Gasteiger partial charge < -0.3 is 10.1 Å². The van der Waals surface area contributed by atoms with Gasteiger partial charge in [-0.1, -0.05) is 12.1 Å². The van der Waals surface area contributed by atoms with Crippen LogP contribution in [0.15, 0.2) is 47.3 Å². The molecule has 1 amide bonds. The summed E-state index contributed by atoms with van der Waals surface area (Å²) in [5.74, 6) is 1.48. The van der Waals surface area contributed by atoms with Crippen LogP contribution in [0.2, 0.25) is 0 Å². The quantitative estimate of drug-likeness (QED) is 0.773. The first kappa shape index (κ1) is 17.3. The lowest BCUT2D eigenvalue weighted by Gasteiger charge is -2.18.